The van der Waals surface area contributed by atoms with E-state index >= 15 is 0 Å². The third-order valence-electron chi connectivity index (χ3n) is 4.00. The second-order valence-electron chi connectivity index (χ2n) is 5.81. The third-order valence-corrected chi connectivity index (χ3v) is 4.00. The Hall–Kier alpha value is -3.47. The number of benzene rings is 3. The molecule has 0 aliphatic heterocycles. The Labute approximate surface area is 158 Å². The van der Waals surface area contributed by atoms with Gasteiger partial charge in [-0.2, -0.15) is 0 Å². The molecule has 0 radical (unpaired) electrons. The summed E-state index contributed by atoms with van der Waals surface area (Å²) in [6.45, 7) is 0.390. The number of carbonyl (C=O) groups excluding carboxylic acids is 1. The van der Waals surface area contributed by atoms with E-state index in [1.165, 1.54) is 0 Å². The van der Waals surface area contributed by atoms with Crippen molar-refractivity contribution in [3.05, 3.63) is 83.9 Å². The first-order valence-corrected chi connectivity index (χ1v) is 8.51. The zero-order valence-electron chi connectivity index (χ0n) is 15.3. The number of carbonyl (C=O) groups is 1. The SMILES string of the molecule is COc1ccc(CNC(=O)c2ccc(Oc3ccccc3)cc2)cc1OC. The van der Waals surface area contributed by atoms with Gasteiger partial charge in [0.15, 0.2) is 11.5 Å². The number of rotatable bonds is 7. The van der Waals surface area contributed by atoms with Crippen molar-refractivity contribution >= 4 is 5.91 Å². The minimum atomic E-state index is -0.156. The molecular formula is C22H21NO4. The highest BCUT2D eigenvalue weighted by Crippen LogP contribution is 2.27. The Balaban J connectivity index is 1.59. The number of amides is 1. The summed E-state index contributed by atoms with van der Waals surface area (Å²) in [5.41, 5.74) is 1.49. The van der Waals surface area contributed by atoms with Crippen LogP contribution in [0.25, 0.3) is 0 Å². The van der Waals surface area contributed by atoms with Gasteiger partial charge in [-0.25, -0.2) is 0 Å². The fourth-order valence-electron chi connectivity index (χ4n) is 2.57. The number of nitrogens with one attached hydrogen (secondary N) is 1. The first-order chi connectivity index (χ1) is 13.2. The fourth-order valence-corrected chi connectivity index (χ4v) is 2.57. The van der Waals surface area contributed by atoms with Crippen LogP contribution in [0.5, 0.6) is 23.0 Å². The van der Waals surface area contributed by atoms with E-state index in [4.69, 9.17) is 14.2 Å². The normalized spacial score (nSPS) is 10.1. The monoisotopic (exact) mass is 363 g/mol. The summed E-state index contributed by atoms with van der Waals surface area (Å²) in [7, 11) is 3.17. The second-order valence-corrected chi connectivity index (χ2v) is 5.81. The van der Waals surface area contributed by atoms with Crippen LogP contribution in [0.15, 0.2) is 72.8 Å². The molecule has 5 nitrogen and oxygen atoms in total. The molecule has 0 saturated heterocycles. The molecule has 0 aromatic heterocycles. The largest absolute Gasteiger partial charge is 0.493 e. The molecule has 0 aliphatic carbocycles. The third kappa shape index (κ3) is 4.79. The van der Waals surface area contributed by atoms with Crippen molar-refractivity contribution < 1.29 is 19.0 Å². The molecule has 27 heavy (non-hydrogen) atoms. The lowest BCUT2D eigenvalue weighted by Gasteiger charge is -2.11. The number of para-hydroxylation sites is 1. The van der Waals surface area contributed by atoms with Crippen molar-refractivity contribution in [3.8, 4) is 23.0 Å². The maximum Gasteiger partial charge on any atom is 0.251 e. The smallest absolute Gasteiger partial charge is 0.251 e. The van der Waals surface area contributed by atoms with Crippen molar-refractivity contribution in [2.75, 3.05) is 14.2 Å². The second kappa shape index (κ2) is 8.76. The predicted molar refractivity (Wildman–Crippen MR) is 104 cm³/mol. The molecule has 0 saturated carbocycles. The van der Waals surface area contributed by atoms with Crippen molar-refractivity contribution in [3.63, 3.8) is 0 Å². The van der Waals surface area contributed by atoms with E-state index in [1.54, 1.807) is 38.5 Å². The Morgan fingerprint density at radius 2 is 1.48 bits per heavy atom. The van der Waals surface area contributed by atoms with Crippen LogP contribution in [-0.4, -0.2) is 20.1 Å². The molecule has 3 rings (SSSR count). The van der Waals surface area contributed by atoms with Gasteiger partial charge in [-0.1, -0.05) is 24.3 Å². The molecule has 3 aromatic rings. The van der Waals surface area contributed by atoms with Gasteiger partial charge >= 0.3 is 0 Å². The maximum absolute atomic E-state index is 12.4. The molecule has 0 spiro atoms. The average Bonchev–Trinajstić information content (AvgIpc) is 2.73. The maximum atomic E-state index is 12.4. The molecule has 0 unspecified atom stereocenters. The van der Waals surface area contributed by atoms with Crippen LogP contribution in [0.4, 0.5) is 0 Å². The number of hydrogen-bond donors (Lipinski definition) is 1. The van der Waals surface area contributed by atoms with Gasteiger partial charge in [0.25, 0.3) is 5.91 Å². The molecule has 0 fully saturated rings. The van der Waals surface area contributed by atoms with Gasteiger partial charge in [0.05, 0.1) is 14.2 Å². The van der Waals surface area contributed by atoms with Crippen molar-refractivity contribution in [1.82, 2.24) is 5.32 Å². The van der Waals surface area contributed by atoms with E-state index in [0.717, 1.165) is 11.3 Å². The average molecular weight is 363 g/mol. The molecule has 1 amide bonds. The van der Waals surface area contributed by atoms with Crippen molar-refractivity contribution in [2.45, 2.75) is 6.54 Å². The van der Waals surface area contributed by atoms with Crippen LogP contribution in [0, 0.1) is 0 Å². The summed E-state index contributed by atoms with van der Waals surface area (Å²) >= 11 is 0. The van der Waals surface area contributed by atoms with Crippen LogP contribution in [0.1, 0.15) is 15.9 Å². The summed E-state index contributed by atoms with van der Waals surface area (Å²) < 4.78 is 16.2. The van der Waals surface area contributed by atoms with Gasteiger partial charge in [0.1, 0.15) is 11.5 Å². The van der Waals surface area contributed by atoms with E-state index in [0.29, 0.717) is 29.4 Å². The highest BCUT2D eigenvalue weighted by molar-refractivity contribution is 5.94. The van der Waals surface area contributed by atoms with E-state index in [-0.39, 0.29) is 5.91 Å². The molecule has 0 heterocycles. The highest BCUT2D eigenvalue weighted by atomic mass is 16.5. The predicted octanol–water partition coefficient (Wildman–Crippen LogP) is 4.43. The van der Waals surface area contributed by atoms with Crippen molar-refractivity contribution in [1.29, 1.82) is 0 Å². The zero-order chi connectivity index (χ0) is 19.1. The molecule has 5 heteroatoms. The lowest BCUT2D eigenvalue weighted by Crippen LogP contribution is -2.22. The fraction of sp³-hybridized carbons (Fsp3) is 0.136. The van der Waals surface area contributed by atoms with Crippen LogP contribution in [-0.2, 0) is 6.54 Å². The lowest BCUT2D eigenvalue weighted by molar-refractivity contribution is 0.0951. The molecule has 0 atom stereocenters. The zero-order valence-corrected chi connectivity index (χ0v) is 15.3. The van der Waals surface area contributed by atoms with Crippen LogP contribution >= 0.6 is 0 Å². The molecule has 0 aliphatic rings. The Bertz CT molecular complexity index is 892. The molecule has 3 aromatic carbocycles. The Kier molecular flexibility index (Phi) is 5.94. The highest BCUT2D eigenvalue weighted by Gasteiger charge is 2.08. The van der Waals surface area contributed by atoms with Crippen LogP contribution < -0.4 is 19.5 Å². The first-order valence-electron chi connectivity index (χ1n) is 8.51. The Morgan fingerprint density at radius 1 is 0.815 bits per heavy atom. The van der Waals surface area contributed by atoms with Gasteiger partial charge < -0.3 is 19.5 Å². The van der Waals surface area contributed by atoms with E-state index in [9.17, 15) is 4.79 Å². The Morgan fingerprint density at radius 3 is 2.15 bits per heavy atom. The summed E-state index contributed by atoms with van der Waals surface area (Å²) in [6.07, 6.45) is 0. The van der Waals surface area contributed by atoms with Gasteiger partial charge in [-0.15, -0.1) is 0 Å². The lowest BCUT2D eigenvalue weighted by atomic mass is 10.1. The van der Waals surface area contributed by atoms with Crippen molar-refractivity contribution in [2.24, 2.45) is 0 Å². The van der Waals surface area contributed by atoms with E-state index in [2.05, 4.69) is 5.32 Å². The summed E-state index contributed by atoms with van der Waals surface area (Å²) in [5, 5.41) is 2.90. The molecule has 0 bridgehead atoms. The van der Waals surface area contributed by atoms with E-state index < -0.39 is 0 Å². The van der Waals surface area contributed by atoms with Gasteiger partial charge in [0, 0.05) is 12.1 Å². The quantitative estimate of drug-likeness (QED) is 0.675. The summed E-state index contributed by atoms with van der Waals surface area (Å²) in [6, 6.07) is 22.1. The minimum Gasteiger partial charge on any atom is -0.493 e. The van der Waals surface area contributed by atoms with Gasteiger partial charge in [-0.3, -0.25) is 4.79 Å². The molecule has 138 valence electrons. The molecule has 1 N–H and O–H groups in total. The van der Waals surface area contributed by atoms with Crippen LogP contribution in [0.2, 0.25) is 0 Å². The standard InChI is InChI=1S/C22H21NO4/c1-25-20-13-8-16(14-21(20)26-2)15-23-22(24)17-9-11-19(12-10-17)27-18-6-4-3-5-7-18/h3-14H,15H2,1-2H3,(H,23,24). The van der Waals surface area contributed by atoms with E-state index in [1.807, 2.05) is 48.5 Å². The summed E-state index contributed by atoms with van der Waals surface area (Å²) in [5.74, 6) is 2.56. The molecular weight excluding hydrogens is 342 g/mol. The summed E-state index contributed by atoms with van der Waals surface area (Å²) in [4.78, 5) is 12.4. The minimum absolute atomic E-state index is 0.156. The number of ether oxygens (including phenoxy) is 3. The number of methoxy groups -OCH3 is 2. The van der Waals surface area contributed by atoms with Gasteiger partial charge in [0.2, 0.25) is 0 Å². The number of hydrogen-bond acceptors (Lipinski definition) is 4. The topological polar surface area (TPSA) is 56.8 Å². The van der Waals surface area contributed by atoms with Gasteiger partial charge in [-0.05, 0) is 54.1 Å². The first kappa shape index (κ1) is 18.3. The van der Waals surface area contributed by atoms with Crippen LogP contribution in [0.3, 0.4) is 0 Å².